The quantitative estimate of drug-likeness (QED) is 0.596. The number of hydrogen-bond donors (Lipinski definition) is 0. The molecule has 0 aliphatic carbocycles. The van der Waals surface area contributed by atoms with Gasteiger partial charge in [0.25, 0.3) is 5.56 Å². The van der Waals surface area contributed by atoms with Crippen LogP contribution in [0.1, 0.15) is 22.8 Å². The van der Waals surface area contributed by atoms with Gasteiger partial charge in [-0.1, -0.05) is 6.07 Å². The number of pyridine rings is 2. The zero-order chi connectivity index (χ0) is 23.4. The van der Waals surface area contributed by atoms with Crippen LogP contribution in [0.5, 0.6) is 0 Å². The van der Waals surface area contributed by atoms with Gasteiger partial charge in [-0.25, -0.2) is 4.79 Å². The summed E-state index contributed by atoms with van der Waals surface area (Å²) in [7, 11) is 0. The van der Waals surface area contributed by atoms with Crippen LogP contribution < -0.4 is 10.5 Å². The van der Waals surface area contributed by atoms with Crippen molar-refractivity contribution in [3.8, 4) is 6.07 Å². The van der Waals surface area contributed by atoms with Crippen LogP contribution >= 0.6 is 0 Å². The molecule has 0 radical (unpaired) electrons. The topological polar surface area (TPSA) is 108 Å². The Labute approximate surface area is 191 Å². The molecule has 0 atom stereocenters. The van der Waals surface area contributed by atoms with E-state index in [0.717, 1.165) is 0 Å². The van der Waals surface area contributed by atoms with Crippen LogP contribution in [0.3, 0.4) is 0 Å². The molecule has 0 bridgehead atoms. The molecule has 174 valence electrons. The third-order valence-corrected chi connectivity index (χ3v) is 6.02. The fourth-order valence-corrected chi connectivity index (χ4v) is 4.35. The minimum atomic E-state index is -0.572. The number of nitrogens with zero attached hydrogens (tertiary/aromatic N) is 5. The Morgan fingerprint density at radius 1 is 1.12 bits per heavy atom. The number of piperazine rings is 1. The summed E-state index contributed by atoms with van der Waals surface area (Å²) in [6.45, 7) is 6.61. The minimum Gasteiger partial charge on any atom is -0.462 e. The van der Waals surface area contributed by atoms with Gasteiger partial charge in [0.1, 0.15) is 17.2 Å². The lowest BCUT2D eigenvalue weighted by Crippen LogP contribution is -2.52. The lowest BCUT2D eigenvalue weighted by Gasteiger charge is -2.38. The van der Waals surface area contributed by atoms with Crippen molar-refractivity contribution in [3.05, 3.63) is 45.9 Å². The lowest BCUT2D eigenvalue weighted by atomic mass is 10.1. The number of amides is 1. The molecule has 4 heterocycles. The monoisotopic (exact) mass is 453 g/mol. The Morgan fingerprint density at radius 2 is 1.85 bits per heavy atom. The van der Waals surface area contributed by atoms with Crippen molar-refractivity contribution in [3.63, 3.8) is 0 Å². The maximum absolute atomic E-state index is 13.0. The number of fused-ring (bicyclic) bond motifs is 1. The number of carbonyl (C=O) groups excluding carboxylic acids is 2. The van der Waals surface area contributed by atoms with Crippen molar-refractivity contribution in [1.29, 1.82) is 5.26 Å². The van der Waals surface area contributed by atoms with Crippen LogP contribution in [0.25, 0.3) is 5.52 Å². The Morgan fingerprint density at radius 3 is 2.52 bits per heavy atom. The number of hydrogen-bond acceptors (Lipinski definition) is 8. The average molecular weight is 453 g/mol. The summed E-state index contributed by atoms with van der Waals surface area (Å²) in [5.41, 5.74) is 0.373. The summed E-state index contributed by atoms with van der Waals surface area (Å²) in [6, 6.07) is 7.10. The molecule has 10 nitrogen and oxygen atoms in total. The van der Waals surface area contributed by atoms with Crippen molar-refractivity contribution in [1.82, 2.24) is 14.2 Å². The third kappa shape index (κ3) is 4.55. The highest BCUT2D eigenvalue weighted by Gasteiger charge is 2.30. The van der Waals surface area contributed by atoms with Gasteiger partial charge >= 0.3 is 5.97 Å². The normalized spacial score (nSPS) is 17.1. The Kier molecular flexibility index (Phi) is 6.91. The summed E-state index contributed by atoms with van der Waals surface area (Å²) < 4.78 is 11.9. The first kappa shape index (κ1) is 22.8. The molecule has 0 spiro atoms. The van der Waals surface area contributed by atoms with Crippen molar-refractivity contribution in [2.24, 2.45) is 0 Å². The van der Waals surface area contributed by atoms with E-state index >= 15 is 0 Å². The zero-order valence-corrected chi connectivity index (χ0v) is 18.7. The number of nitriles is 1. The van der Waals surface area contributed by atoms with E-state index in [1.165, 1.54) is 4.40 Å². The smallest absolute Gasteiger partial charge is 0.342 e. The van der Waals surface area contributed by atoms with E-state index in [4.69, 9.17) is 9.47 Å². The molecule has 2 saturated heterocycles. The molecule has 0 unspecified atom stereocenters. The number of ether oxygens (including phenoxy) is 2. The molecule has 10 heteroatoms. The maximum Gasteiger partial charge on any atom is 0.342 e. The van der Waals surface area contributed by atoms with Gasteiger partial charge in [0.2, 0.25) is 5.91 Å². The van der Waals surface area contributed by atoms with Gasteiger partial charge in [-0.2, -0.15) is 5.26 Å². The molecular formula is C23H27N5O5. The Hall–Kier alpha value is -3.42. The van der Waals surface area contributed by atoms with E-state index < -0.39 is 11.5 Å². The van der Waals surface area contributed by atoms with E-state index in [-0.39, 0.29) is 23.6 Å². The molecule has 2 aliphatic heterocycles. The molecule has 33 heavy (non-hydrogen) atoms. The Balaban J connectivity index is 1.61. The average Bonchev–Trinajstić information content (AvgIpc) is 2.85. The van der Waals surface area contributed by atoms with Crippen LogP contribution in [-0.4, -0.2) is 91.7 Å². The van der Waals surface area contributed by atoms with E-state index in [0.29, 0.717) is 70.2 Å². The molecule has 2 aromatic rings. The van der Waals surface area contributed by atoms with Crippen LogP contribution in [0.15, 0.2) is 29.2 Å². The van der Waals surface area contributed by atoms with Crippen molar-refractivity contribution < 1.29 is 19.1 Å². The van der Waals surface area contributed by atoms with Crippen molar-refractivity contribution in [2.45, 2.75) is 6.92 Å². The standard InChI is InChI=1S/C23H27N5O5/c1-2-33-23(31)20-18-5-3-4-6-28(18)22(30)17(15-24)21(20)27-9-7-25(8-10-27)16-19(29)26-11-13-32-14-12-26/h3-6H,2,7-14,16H2,1H3. The van der Waals surface area contributed by atoms with Crippen molar-refractivity contribution in [2.75, 3.05) is 70.5 Å². The molecule has 0 aromatic carbocycles. The number of rotatable bonds is 5. The van der Waals surface area contributed by atoms with Gasteiger partial charge in [-0.3, -0.25) is 18.9 Å². The van der Waals surface area contributed by atoms with Crippen LogP contribution in [-0.2, 0) is 14.3 Å². The third-order valence-electron chi connectivity index (χ3n) is 6.02. The predicted octanol–water partition coefficient (Wildman–Crippen LogP) is 0.329. The van der Waals surface area contributed by atoms with Gasteiger partial charge in [-0.15, -0.1) is 0 Å². The highest BCUT2D eigenvalue weighted by Crippen LogP contribution is 2.29. The highest BCUT2D eigenvalue weighted by molar-refractivity contribution is 6.04. The number of morpholine rings is 1. The fraction of sp³-hybridized carbons (Fsp3) is 0.478. The first-order chi connectivity index (χ1) is 16.0. The fourth-order valence-electron chi connectivity index (χ4n) is 4.35. The summed E-state index contributed by atoms with van der Waals surface area (Å²) in [6.07, 6.45) is 1.54. The second kappa shape index (κ2) is 10.0. The number of carbonyl (C=O) groups is 2. The van der Waals surface area contributed by atoms with Gasteiger partial charge < -0.3 is 19.3 Å². The minimum absolute atomic E-state index is 0.0700. The summed E-state index contributed by atoms with van der Waals surface area (Å²) in [4.78, 5) is 44.3. The molecule has 2 aliphatic rings. The second-order valence-corrected chi connectivity index (χ2v) is 7.95. The summed E-state index contributed by atoms with van der Waals surface area (Å²) >= 11 is 0. The number of esters is 1. The second-order valence-electron chi connectivity index (χ2n) is 7.95. The Bertz CT molecular complexity index is 1140. The molecule has 4 rings (SSSR count). The molecule has 2 aromatic heterocycles. The van der Waals surface area contributed by atoms with E-state index in [1.807, 2.05) is 15.9 Å². The summed E-state index contributed by atoms with van der Waals surface area (Å²) in [5.74, 6) is -0.502. The van der Waals surface area contributed by atoms with Crippen LogP contribution in [0, 0.1) is 11.3 Å². The first-order valence-electron chi connectivity index (χ1n) is 11.1. The van der Waals surface area contributed by atoms with E-state index in [2.05, 4.69) is 4.90 Å². The molecule has 1 amide bonds. The van der Waals surface area contributed by atoms with Gasteiger partial charge in [0, 0.05) is 45.5 Å². The molecular weight excluding hydrogens is 426 g/mol. The van der Waals surface area contributed by atoms with Gasteiger partial charge in [-0.05, 0) is 19.1 Å². The highest BCUT2D eigenvalue weighted by atomic mass is 16.5. The SMILES string of the molecule is CCOC(=O)c1c(N2CCN(CC(=O)N3CCOCC3)CC2)c(C#N)c(=O)n2ccccc12. The van der Waals surface area contributed by atoms with Crippen LogP contribution in [0.4, 0.5) is 5.69 Å². The lowest BCUT2D eigenvalue weighted by molar-refractivity contribution is -0.136. The summed E-state index contributed by atoms with van der Waals surface area (Å²) in [5, 5.41) is 9.83. The van der Waals surface area contributed by atoms with E-state index in [9.17, 15) is 19.6 Å². The van der Waals surface area contributed by atoms with Gasteiger partial charge in [0.15, 0.2) is 0 Å². The zero-order valence-electron chi connectivity index (χ0n) is 18.7. The molecule has 0 N–H and O–H groups in total. The van der Waals surface area contributed by atoms with Gasteiger partial charge in [0.05, 0.1) is 37.6 Å². The number of anilines is 1. The molecule has 2 fully saturated rings. The van der Waals surface area contributed by atoms with E-state index in [1.54, 1.807) is 31.3 Å². The van der Waals surface area contributed by atoms with Crippen molar-refractivity contribution >= 4 is 23.1 Å². The first-order valence-corrected chi connectivity index (χ1v) is 11.1. The predicted molar refractivity (Wildman–Crippen MR) is 120 cm³/mol. The largest absolute Gasteiger partial charge is 0.462 e. The number of aromatic nitrogens is 1. The maximum atomic E-state index is 13.0. The molecule has 0 saturated carbocycles. The van der Waals surface area contributed by atoms with Crippen LogP contribution in [0.2, 0.25) is 0 Å².